The number of hydrogen-bond acceptors (Lipinski definition) is 5. The van der Waals surface area contributed by atoms with Crippen LogP contribution < -0.4 is 5.32 Å². The van der Waals surface area contributed by atoms with E-state index in [1.807, 2.05) is 4.68 Å². The minimum Gasteiger partial charge on any atom is -0.395 e. The largest absolute Gasteiger partial charge is 0.395 e. The fraction of sp³-hybridized carbons (Fsp3) is 0.375. The van der Waals surface area contributed by atoms with Crippen molar-refractivity contribution in [3.05, 3.63) is 71.0 Å². The fourth-order valence-corrected chi connectivity index (χ4v) is 4.76. The van der Waals surface area contributed by atoms with Gasteiger partial charge in [-0.05, 0) is 53.6 Å². The number of carbonyl (C=O) groups is 1. The zero-order valence-corrected chi connectivity index (χ0v) is 17.5. The number of hydrogen-bond donors (Lipinski definition) is 2. The van der Waals surface area contributed by atoms with Crippen LogP contribution in [0.25, 0.3) is 11.1 Å². The first-order valence-electron chi connectivity index (χ1n) is 10.9. The summed E-state index contributed by atoms with van der Waals surface area (Å²) in [5.41, 5.74) is 7.20. The summed E-state index contributed by atoms with van der Waals surface area (Å²) in [6, 6.07) is 15.8. The van der Waals surface area contributed by atoms with Gasteiger partial charge in [0.05, 0.1) is 18.8 Å². The SMILES string of the molecule is O=C(NCCO)c1cn(C2CCCN(Cc3ccc4c(c3)Cc3ccccc3-4)C2)nn1. The molecule has 1 saturated heterocycles. The topological polar surface area (TPSA) is 83.3 Å². The Morgan fingerprint density at radius 3 is 2.94 bits per heavy atom. The van der Waals surface area contributed by atoms with Crippen LogP contribution >= 0.6 is 0 Å². The van der Waals surface area contributed by atoms with Crippen LogP contribution in [-0.2, 0) is 13.0 Å². The van der Waals surface area contributed by atoms with Gasteiger partial charge in [-0.2, -0.15) is 0 Å². The lowest BCUT2D eigenvalue weighted by atomic mass is 10.0. The Balaban J connectivity index is 1.24. The third-order valence-electron chi connectivity index (χ3n) is 6.26. The van der Waals surface area contributed by atoms with Crippen LogP contribution in [0.1, 0.15) is 46.1 Å². The minimum absolute atomic E-state index is 0.0910. The van der Waals surface area contributed by atoms with Gasteiger partial charge in [0, 0.05) is 19.6 Å². The first-order chi connectivity index (χ1) is 15.2. The van der Waals surface area contributed by atoms with E-state index in [9.17, 15) is 4.79 Å². The third-order valence-corrected chi connectivity index (χ3v) is 6.26. The quantitative estimate of drug-likeness (QED) is 0.503. The van der Waals surface area contributed by atoms with E-state index in [4.69, 9.17) is 5.11 Å². The van der Waals surface area contributed by atoms with Crippen molar-refractivity contribution < 1.29 is 9.90 Å². The molecule has 1 amide bonds. The number of carbonyl (C=O) groups excluding carboxylic acids is 1. The van der Waals surface area contributed by atoms with Crippen LogP contribution in [0.5, 0.6) is 0 Å². The molecule has 1 aromatic heterocycles. The summed E-state index contributed by atoms with van der Waals surface area (Å²) < 4.78 is 1.82. The minimum atomic E-state index is -0.299. The molecule has 0 spiro atoms. The molecule has 1 aliphatic heterocycles. The normalized spacial score (nSPS) is 17.9. The molecule has 1 atom stereocenters. The van der Waals surface area contributed by atoms with Crippen LogP contribution in [0, 0.1) is 0 Å². The van der Waals surface area contributed by atoms with Gasteiger partial charge in [-0.15, -0.1) is 5.10 Å². The maximum atomic E-state index is 12.0. The number of nitrogens with zero attached hydrogens (tertiary/aromatic N) is 4. The number of rotatable bonds is 6. The molecule has 2 heterocycles. The van der Waals surface area contributed by atoms with Crippen molar-refractivity contribution in [2.75, 3.05) is 26.2 Å². The number of aromatic nitrogens is 3. The standard InChI is InChI=1S/C24H27N5O2/c30-11-9-25-24(31)23-16-29(27-26-23)20-5-3-10-28(15-20)14-17-7-8-22-19(12-17)13-18-4-1-2-6-21(18)22/h1-2,4,6-8,12,16,20,30H,3,5,9-11,13-15H2,(H,25,31). The molecule has 1 fully saturated rings. The molecular formula is C24H27N5O2. The molecule has 0 bridgehead atoms. The molecule has 7 heteroatoms. The predicted molar refractivity (Wildman–Crippen MR) is 118 cm³/mol. The molecule has 160 valence electrons. The average molecular weight is 418 g/mol. The maximum Gasteiger partial charge on any atom is 0.273 e. The summed E-state index contributed by atoms with van der Waals surface area (Å²) in [5.74, 6) is -0.299. The van der Waals surface area contributed by atoms with E-state index in [0.29, 0.717) is 5.69 Å². The van der Waals surface area contributed by atoms with Gasteiger partial charge in [0.2, 0.25) is 0 Å². The molecule has 0 saturated carbocycles. The average Bonchev–Trinajstić information content (AvgIpc) is 3.42. The number of nitrogens with one attached hydrogen (secondary N) is 1. The second kappa shape index (κ2) is 8.61. The van der Waals surface area contributed by atoms with Gasteiger partial charge in [0.1, 0.15) is 0 Å². The van der Waals surface area contributed by atoms with Crippen molar-refractivity contribution in [3.8, 4) is 11.1 Å². The van der Waals surface area contributed by atoms with E-state index in [2.05, 4.69) is 63.0 Å². The summed E-state index contributed by atoms with van der Waals surface area (Å²) in [4.78, 5) is 14.5. The van der Waals surface area contributed by atoms with Crippen LogP contribution in [0.3, 0.4) is 0 Å². The molecule has 2 aliphatic rings. The number of fused-ring (bicyclic) bond motifs is 3. The summed E-state index contributed by atoms with van der Waals surface area (Å²) >= 11 is 0. The zero-order valence-electron chi connectivity index (χ0n) is 17.5. The molecule has 0 radical (unpaired) electrons. The lowest BCUT2D eigenvalue weighted by Gasteiger charge is -2.32. The van der Waals surface area contributed by atoms with E-state index in [-0.39, 0.29) is 25.1 Å². The van der Waals surface area contributed by atoms with Crippen molar-refractivity contribution in [2.45, 2.75) is 31.8 Å². The number of benzene rings is 2. The maximum absolute atomic E-state index is 12.0. The number of likely N-dealkylation sites (tertiary alicyclic amines) is 1. The zero-order chi connectivity index (χ0) is 21.2. The van der Waals surface area contributed by atoms with Gasteiger partial charge < -0.3 is 10.4 Å². The molecule has 2 N–H and O–H groups in total. The lowest BCUT2D eigenvalue weighted by Crippen LogP contribution is -2.36. The molecule has 2 aromatic carbocycles. The lowest BCUT2D eigenvalue weighted by molar-refractivity contribution is 0.0939. The highest BCUT2D eigenvalue weighted by Crippen LogP contribution is 2.37. The molecule has 5 rings (SSSR count). The monoisotopic (exact) mass is 417 g/mol. The highest BCUT2D eigenvalue weighted by atomic mass is 16.3. The van der Waals surface area contributed by atoms with E-state index < -0.39 is 0 Å². The van der Waals surface area contributed by atoms with Crippen LogP contribution in [-0.4, -0.2) is 57.1 Å². The van der Waals surface area contributed by atoms with Crippen LogP contribution in [0.4, 0.5) is 0 Å². The fourth-order valence-electron chi connectivity index (χ4n) is 4.76. The Morgan fingerprint density at radius 2 is 2.03 bits per heavy atom. The highest BCUT2D eigenvalue weighted by Gasteiger charge is 2.24. The molecule has 1 unspecified atom stereocenters. The van der Waals surface area contributed by atoms with Gasteiger partial charge >= 0.3 is 0 Å². The Kier molecular flexibility index (Phi) is 5.53. The highest BCUT2D eigenvalue weighted by molar-refractivity contribution is 5.91. The Bertz CT molecular complexity index is 1090. The van der Waals surface area contributed by atoms with Gasteiger partial charge in [-0.1, -0.05) is 47.7 Å². The second-order valence-electron chi connectivity index (χ2n) is 8.42. The van der Waals surface area contributed by atoms with Gasteiger partial charge in [0.25, 0.3) is 5.91 Å². The van der Waals surface area contributed by atoms with Crippen molar-refractivity contribution in [1.82, 2.24) is 25.2 Å². The number of aliphatic hydroxyl groups is 1. The van der Waals surface area contributed by atoms with Crippen LogP contribution in [0.15, 0.2) is 48.7 Å². The molecule has 31 heavy (non-hydrogen) atoms. The van der Waals surface area contributed by atoms with Crippen molar-refractivity contribution in [3.63, 3.8) is 0 Å². The van der Waals surface area contributed by atoms with Gasteiger partial charge in [-0.25, -0.2) is 4.68 Å². The third kappa shape index (κ3) is 4.11. The Labute approximate surface area is 181 Å². The summed E-state index contributed by atoms with van der Waals surface area (Å²) in [6.45, 7) is 2.99. The van der Waals surface area contributed by atoms with E-state index in [1.54, 1.807) is 6.20 Å². The summed E-state index contributed by atoms with van der Waals surface area (Å²) in [7, 11) is 0. The Morgan fingerprint density at radius 1 is 1.16 bits per heavy atom. The van der Waals surface area contributed by atoms with Crippen molar-refractivity contribution in [2.24, 2.45) is 0 Å². The van der Waals surface area contributed by atoms with Crippen molar-refractivity contribution >= 4 is 5.91 Å². The number of aliphatic hydroxyl groups excluding tert-OH is 1. The first kappa shape index (κ1) is 19.9. The molecule has 3 aromatic rings. The molecule has 1 aliphatic carbocycles. The first-order valence-corrected chi connectivity index (χ1v) is 10.9. The second-order valence-corrected chi connectivity index (χ2v) is 8.42. The predicted octanol–water partition coefficient (Wildman–Crippen LogP) is 2.41. The van der Waals surface area contributed by atoms with Gasteiger partial charge in [0.15, 0.2) is 5.69 Å². The van der Waals surface area contributed by atoms with Gasteiger partial charge in [-0.3, -0.25) is 9.69 Å². The molecular weight excluding hydrogens is 390 g/mol. The Hall–Kier alpha value is -3.03. The van der Waals surface area contributed by atoms with E-state index in [1.165, 1.54) is 27.8 Å². The van der Waals surface area contributed by atoms with E-state index in [0.717, 1.165) is 38.9 Å². The van der Waals surface area contributed by atoms with E-state index >= 15 is 0 Å². The summed E-state index contributed by atoms with van der Waals surface area (Å²) in [6.07, 6.45) is 4.85. The smallest absolute Gasteiger partial charge is 0.273 e. The number of amides is 1. The van der Waals surface area contributed by atoms with Crippen LogP contribution in [0.2, 0.25) is 0 Å². The molecule has 7 nitrogen and oxygen atoms in total. The summed E-state index contributed by atoms with van der Waals surface area (Å²) in [5, 5.41) is 19.7. The number of piperidine rings is 1. The van der Waals surface area contributed by atoms with Crippen molar-refractivity contribution in [1.29, 1.82) is 0 Å².